The van der Waals surface area contributed by atoms with Gasteiger partial charge in [0.15, 0.2) is 0 Å². The molecule has 1 amide bonds. The van der Waals surface area contributed by atoms with Crippen LogP contribution in [0.15, 0.2) is 30.6 Å². The molecule has 0 fully saturated rings. The molecule has 19 heavy (non-hydrogen) atoms. The number of carbonyl (C=O) groups is 1. The first-order valence-corrected chi connectivity index (χ1v) is 7.15. The highest BCUT2D eigenvalue weighted by molar-refractivity contribution is 7.13. The van der Waals surface area contributed by atoms with Gasteiger partial charge >= 0.3 is 0 Å². The number of aromatic nitrogens is 1. The summed E-state index contributed by atoms with van der Waals surface area (Å²) in [7, 11) is 0. The maximum Gasteiger partial charge on any atom is 0.256 e. The lowest BCUT2D eigenvalue weighted by Gasteiger charge is -1.95. The number of aryl methyl sites for hydroxylation is 1. The lowest BCUT2D eigenvalue weighted by atomic mass is 10.1. The zero-order chi connectivity index (χ0) is 13.2. The molecule has 0 bridgehead atoms. The van der Waals surface area contributed by atoms with Gasteiger partial charge in [0.2, 0.25) is 0 Å². The molecule has 4 heteroatoms. The highest BCUT2D eigenvalue weighted by Crippen LogP contribution is 2.33. The van der Waals surface area contributed by atoms with Gasteiger partial charge in [-0.1, -0.05) is 13.3 Å². The van der Waals surface area contributed by atoms with Crippen LogP contribution >= 0.6 is 11.3 Å². The minimum atomic E-state index is -0.0477. The van der Waals surface area contributed by atoms with E-state index in [-0.39, 0.29) is 5.91 Å². The summed E-state index contributed by atoms with van der Waals surface area (Å²) in [6.07, 6.45) is 7.61. The van der Waals surface area contributed by atoms with Crippen LogP contribution in [0.5, 0.6) is 0 Å². The summed E-state index contributed by atoms with van der Waals surface area (Å²) < 4.78 is 0. The third kappa shape index (κ3) is 2.31. The number of hydrogen-bond donors (Lipinski definition) is 1. The molecule has 3 heterocycles. The minimum Gasteiger partial charge on any atom is -0.321 e. The maximum absolute atomic E-state index is 12.0. The Balaban J connectivity index is 1.96. The molecule has 2 aromatic rings. The van der Waals surface area contributed by atoms with E-state index in [9.17, 15) is 4.79 Å². The van der Waals surface area contributed by atoms with E-state index in [4.69, 9.17) is 0 Å². The van der Waals surface area contributed by atoms with E-state index >= 15 is 0 Å². The summed E-state index contributed by atoms with van der Waals surface area (Å²) in [5, 5.41) is 2.86. The Labute approximate surface area is 116 Å². The average molecular weight is 270 g/mol. The molecular weight excluding hydrogens is 256 g/mol. The first kappa shape index (κ1) is 12.1. The second-order valence-corrected chi connectivity index (χ2v) is 5.69. The number of carbonyl (C=O) groups excluding carboxylic acids is 1. The second kappa shape index (κ2) is 4.97. The summed E-state index contributed by atoms with van der Waals surface area (Å²) >= 11 is 1.74. The normalized spacial score (nSPS) is 15.6. The van der Waals surface area contributed by atoms with Crippen molar-refractivity contribution in [2.24, 2.45) is 0 Å². The topological polar surface area (TPSA) is 42.0 Å². The SMILES string of the molecule is CCCc1ccc(C=C2C(=O)Nc3ccncc32)s1. The number of anilines is 1. The minimum absolute atomic E-state index is 0.0477. The maximum atomic E-state index is 12.0. The number of hydrogen-bond acceptors (Lipinski definition) is 3. The first-order valence-electron chi connectivity index (χ1n) is 6.34. The largest absolute Gasteiger partial charge is 0.321 e. The van der Waals surface area contributed by atoms with Crippen molar-refractivity contribution in [3.05, 3.63) is 45.9 Å². The van der Waals surface area contributed by atoms with Crippen LogP contribution in [0.3, 0.4) is 0 Å². The van der Waals surface area contributed by atoms with Crippen LogP contribution in [0.2, 0.25) is 0 Å². The van der Waals surface area contributed by atoms with Gasteiger partial charge in [-0.2, -0.15) is 0 Å². The molecule has 3 nitrogen and oxygen atoms in total. The van der Waals surface area contributed by atoms with Gasteiger partial charge in [0.25, 0.3) is 5.91 Å². The first-order chi connectivity index (χ1) is 9.28. The summed E-state index contributed by atoms with van der Waals surface area (Å²) in [5.41, 5.74) is 2.43. The van der Waals surface area contributed by atoms with Crippen molar-refractivity contribution in [1.29, 1.82) is 0 Å². The fourth-order valence-corrected chi connectivity index (χ4v) is 3.23. The van der Waals surface area contributed by atoms with E-state index < -0.39 is 0 Å². The Morgan fingerprint density at radius 2 is 2.26 bits per heavy atom. The van der Waals surface area contributed by atoms with E-state index in [0.29, 0.717) is 5.57 Å². The zero-order valence-corrected chi connectivity index (χ0v) is 11.5. The van der Waals surface area contributed by atoms with Crippen molar-refractivity contribution < 1.29 is 4.79 Å². The van der Waals surface area contributed by atoms with Crippen LogP contribution < -0.4 is 5.32 Å². The van der Waals surface area contributed by atoms with Crippen molar-refractivity contribution in [3.63, 3.8) is 0 Å². The fraction of sp³-hybridized carbons (Fsp3) is 0.200. The summed E-state index contributed by atoms with van der Waals surface area (Å²) in [6.45, 7) is 2.17. The van der Waals surface area contributed by atoms with Crippen molar-refractivity contribution in [2.75, 3.05) is 5.32 Å². The Kier molecular flexibility index (Phi) is 3.17. The van der Waals surface area contributed by atoms with Crippen LogP contribution in [-0.2, 0) is 11.2 Å². The van der Waals surface area contributed by atoms with Gasteiger partial charge in [-0.3, -0.25) is 9.78 Å². The van der Waals surface area contributed by atoms with Gasteiger partial charge in [0, 0.05) is 27.7 Å². The van der Waals surface area contributed by atoms with Crippen LogP contribution in [-0.4, -0.2) is 10.9 Å². The molecule has 0 aliphatic carbocycles. The van der Waals surface area contributed by atoms with Gasteiger partial charge in [-0.25, -0.2) is 0 Å². The van der Waals surface area contributed by atoms with Gasteiger partial charge < -0.3 is 5.32 Å². The highest BCUT2D eigenvalue weighted by Gasteiger charge is 2.23. The molecule has 3 rings (SSSR count). The summed E-state index contributed by atoms with van der Waals surface area (Å²) in [4.78, 5) is 18.5. The van der Waals surface area contributed by atoms with Gasteiger partial charge in [0.05, 0.1) is 11.3 Å². The van der Waals surface area contributed by atoms with E-state index in [1.165, 1.54) is 4.88 Å². The number of pyridine rings is 1. The number of nitrogens with zero attached hydrogens (tertiary/aromatic N) is 1. The van der Waals surface area contributed by atoms with E-state index in [2.05, 4.69) is 29.4 Å². The summed E-state index contributed by atoms with van der Waals surface area (Å²) in [5.74, 6) is -0.0477. The molecule has 0 unspecified atom stereocenters. The van der Waals surface area contributed by atoms with E-state index in [1.807, 2.05) is 12.1 Å². The Bertz CT molecular complexity index is 658. The Hall–Kier alpha value is -1.94. The quantitative estimate of drug-likeness (QED) is 0.866. The average Bonchev–Trinajstić information content (AvgIpc) is 2.96. The molecule has 2 aromatic heterocycles. The number of amides is 1. The third-order valence-electron chi connectivity index (χ3n) is 3.07. The lowest BCUT2D eigenvalue weighted by Crippen LogP contribution is -2.03. The fourth-order valence-electron chi connectivity index (χ4n) is 2.17. The Morgan fingerprint density at radius 3 is 3.11 bits per heavy atom. The number of thiophene rings is 1. The van der Waals surface area contributed by atoms with Crippen molar-refractivity contribution >= 4 is 34.6 Å². The molecule has 1 aliphatic rings. The Morgan fingerprint density at radius 1 is 1.37 bits per heavy atom. The lowest BCUT2D eigenvalue weighted by molar-refractivity contribution is -0.110. The van der Waals surface area contributed by atoms with Crippen molar-refractivity contribution in [2.45, 2.75) is 19.8 Å². The van der Waals surface area contributed by atoms with E-state index in [1.54, 1.807) is 23.7 Å². The van der Waals surface area contributed by atoms with Gasteiger partial charge in [0.1, 0.15) is 0 Å². The number of fused-ring (bicyclic) bond motifs is 1. The standard InChI is InChI=1S/C15H14N2OS/c1-2-3-10-4-5-11(19-10)8-12-13-9-16-7-6-14(13)17-15(12)18/h4-9H,2-3H2,1H3,(H,17,18). The summed E-state index contributed by atoms with van der Waals surface area (Å²) in [6, 6.07) is 6.03. The second-order valence-electron chi connectivity index (χ2n) is 4.49. The molecule has 0 saturated heterocycles. The van der Waals surface area contributed by atoms with Crippen molar-refractivity contribution in [1.82, 2.24) is 4.98 Å². The molecule has 0 atom stereocenters. The predicted molar refractivity (Wildman–Crippen MR) is 79.1 cm³/mol. The molecule has 0 spiro atoms. The molecule has 1 N–H and O–H groups in total. The molecule has 96 valence electrons. The smallest absolute Gasteiger partial charge is 0.256 e. The molecule has 0 saturated carbocycles. The van der Waals surface area contributed by atoms with Gasteiger partial charge in [-0.15, -0.1) is 11.3 Å². The molecule has 0 radical (unpaired) electrons. The van der Waals surface area contributed by atoms with Gasteiger partial charge in [-0.05, 0) is 30.7 Å². The number of nitrogens with one attached hydrogen (secondary N) is 1. The third-order valence-corrected chi connectivity index (χ3v) is 4.16. The monoisotopic (exact) mass is 270 g/mol. The van der Waals surface area contributed by atoms with Crippen LogP contribution in [0.25, 0.3) is 11.6 Å². The van der Waals surface area contributed by atoms with Crippen LogP contribution in [0.4, 0.5) is 5.69 Å². The number of rotatable bonds is 3. The predicted octanol–water partition coefficient (Wildman–Crippen LogP) is 3.59. The molecule has 0 aromatic carbocycles. The van der Waals surface area contributed by atoms with Crippen LogP contribution in [0.1, 0.15) is 28.7 Å². The van der Waals surface area contributed by atoms with E-state index in [0.717, 1.165) is 29.0 Å². The zero-order valence-electron chi connectivity index (χ0n) is 10.6. The van der Waals surface area contributed by atoms with Crippen molar-refractivity contribution in [3.8, 4) is 0 Å². The van der Waals surface area contributed by atoms with Crippen LogP contribution in [0, 0.1) is 0 Å². The highest BCUT2D eigenvalue weighted by atomic mass is 32.1. The molecular formula is C15H14N2OS. The molecule has 1 aliphatic heterocycles.